The second kappa shape index (κ2) is 14.0. The van der Waals surface area contributed by atoms with Gasteiger partial charge in [0.25, 0.3) is 0 Å². The second-order valence-electron chi connectivity index (χ2n) is 14.1. The lowest BCUT2D eigenvalue weighted by atomic mass is 9.85. The van der Waals surface area contributed by atoms with Crippen LogP contribution in [0.2, 0.25) is 0 Å². The van der Waals surface area contributed by atoms with Crippen LogP contribution >= 0.6 is 0 Å². The fourth-order valence-electron chi connectivity index (χ4n) is 5.79. The predicted molar refractivity (Wildman–Crippen MR) is 173 cm³/mol. The van der Waals surface area contributed by atoms with Crippen LogP contribution < -0.4 is 10.6 Å². The van der Waals surface area contributed by atoms with Crippen molar-refractivity contribution < 1.29 is 24.5 Å². The molecular weight excluding hydrogens is 552 g/mol. The number of nitrogens with one attached hydrogen (secondary N) is 2. The molecular formula is C37H48N2O5. The minimum atomic E-state index is -1.05. The van der Waals surface area contributed by atoms with Gasteiger partial charge in [0, 0.05) is 12.3 Å². The predicted octanol–water partition coefficient (Wildman–Crippen LogP) is 5.80. The number of amides is 2. The highest BCUT2D eigenvalue weighted by atomic mass is 16.6. The summed E-state index contributed by atoms with van der Waals surface area (Å²) in [4.78, 5) is 26.8. The zero-order valence-corrected chi connectivity index (χ0v) is 26.8. The molecule has 7 heteroatoms. The molecule has 0 bridgehead atoms. The molecule has 0 spiro atoms. The number of alkyl carbamates (subject to hydrolysis) is 1. The minimum absolute atomic E-state index is 0.00447. The number of aliphatic hydroxyl groups is 2. The molecule has 7 nitrogen and oxygen atoms in total. The lowest BCUT2D eigenvalue weighted by Gasteiger charge is -2.30. The van der Waals surface area contributed by atoms with Gasteiger partial charge in [0.15, 0.2) is 0 Å². The SMILES string of the molecule is CC(C)(C)OC(=O)N[C@@H](Cc1ccccc1)[C@@H](O)C[C@@H](Cc1ccc(C(C)(C)C)cc1)C(=O)N[C@@H]1c2ccccc2C[C@H]1O. The quantitative estimate of drug-likeness (QED) is 0.235. The highest BCUT2D eigenvalue weighted by Crippen LogP contribution is 2.32. The molecule has 0 aliphatic heterocycles. The number of fused-ring (bicyclic) bond motifs is 1. The summed E-state index contributed by atoms with van der Waals surface area (Å²) < 4.78 is 5.51. The van der Waals surface area contributed by atoms with Crippen molar-refractivity contribution in [3.8, 4) is 0 Å². The Kier molecular flexibility index (Phi) is 10.5. The van der Waals surface area contributed by atoms with E-state index in [4.69, 9.17) is 4.74 Å². The number of carbonyl (C=O) groups is 2. The fourth-order valence-corrected chi connectivity index (χ4v) is 5.79. The monoisotopic (exact) mass is 600 g/mol. The van der Waals surface area contributed by atoms with Crippen LogP contribution in [0.4, 0.5) is 4.79 Å². The summed E-state index contributed by atoms with van der Waals surface area (Å²) in [5, 5.41) is 28.4. The van der Waals surface area contributed by atoms with E-state index in [1.54, 1.807) is 20.8 Å². The summed E-state index contributed by atoms with van der Waals surface area (Å²) in [6.45, 7) is 11.8. The van der Waals surface area contributed by atoms with Crippen molar-refractivity contribution in [1.82, 2.24) is 10.6 Å². The van der Waals surface area contributed by atoms with Crippen molar-refractivity contribution in [3.05, 3.63) is 107 Å². The summed E-state index contributed by atoms with van der Waals surface area (Å²) in [5.74, 6) is -0.871. The van der Waals surface area contributed by atoms with Crippen LogP contribution in [0.3, 0.4) is 0 Å². The van der Waals surface area contributed by atoms with E-state index in [1.165, 1.54) is 5.56 Å². The number of hydrogen-bond donors (Lipinski definition) is 4. The largest absolute Gasteiger partial charge is 0.444 e. The van der Waals surface area contributed by atoms with Crippen molar-refractivity contribution in [2.75, 3.05) is 0 Å². The van der Waals surface area contributed by atoms with Crippen molar-refractivity contribution in [3.63, 3.8) is 0 Å². The minimum Gasteiger partial charge on any atom is -0.444 e. The molecule has 0 saturated heterocycles. The van der Waals surface area contributed by atoms with Gasteiger partial charge in [0.2, 0.25) is 5.91 Å². The highest BCUT2D eigenvalue weighted by molar-refractivity contribution is 5.80. The van der Waals surface area contributed by atoms with Gasteiger partial charge < -0.3 is 25.6 Å². The van der Waals surface area contributed by atoms with Crippen LogP contribution in [0.1, 0.15) is 81.8 Å². The van der Waals surface area contributed by atoms with Gasteiger partial charge in [-0.25, -0.2) is 4.79 Å². The maximum absolute atomic E-state index is 14.0. The van der Waals surface area contributed by atoms with Gasteiger partial charge in [-0.05, 0) is 73.3 Å². The zero-order valence-electron chi connectivity index (χ0n) is 26.8. The Balaban J connectivity index is 1.58. The molecule has 0 aromatic heterocycles. The maximum atomic E-state index is 14.0. The van der Waals surface area contributed by atoms with E-state index in [2.05, 4.69) is 43.5 Å². The van der Waals surface area contributed by atoms with E-state index in [-0.39, 0.29) is 17.7 Å². The average Bonchev–Trinajstić information content (AvgIpc) is 3.26. The number of rotatable bonds is 10. The Morgan fingerprint density at radius 3 is 2.11 bits per heavy atom. The first-order valence-electron chi connectivity index (χ1n) is 15.6. The number of aliphatic hydroxyl groups excluding tert-OH is 2. The molecule has 236 valence electrons. The van der Waals surface area contributed by atoms with E-state index in [1.807, 2.05) is 66.7 Å². The number of carbonyl (C=O) groups excluding carboxylic acids is 2. The Morgan fingerprint density at radius 2 is 1.48 bits per heavy atom. The third-order valence-corrected chi connectivity index (χ3v) is 8.17. The summed E-state index contributed by atoms with van der Waals surface area (Å²) >= 11 is 0. The van der Waals surface area contributed by atoms with Crippen LogP contribution in [0.25, 0.3) is 0 Å². The standard InChI is InChI=1S/C37H48N2O5/c1-36(2,3)28-18-16-25(17-19-28)20-27(34(42)39-33-29-15-11-10-14-26(29)22-32(33)41)23-31(40)30(21-24-12-8-7-9-13-24)38-35(43)44-37(4,5)6/h7-19,27,30-33,40-41H,20-23H2,1-6H3,(H,38,43)(H,39,42)/t27-,30+,31+,32-,33-/m1/s1. The Bertz CT molecular complexity index is 1390. The maximum Gasteiger partial charge on any atom is 0.407 e. The van der Waals surface area contributed by atoms with Crippen LogP contribution in [0.5, 0.6) is 0 Å². The van der Waals surface area contributed by atoms with Crippen LogP contribution in [0.15, 0.2) is 78.9 Å². The van der Waals surface area contributed by atoms with E-state index < -0.39 is 41.9 Å². The summed E-state index contributed by atoms with van der Waals surface area (Å²) in [6, 6.07) is 24.4. The first-order chi connectivity index (χ1) is 20.7. The first-order valence-corrected chi connectivity index (χ1v) is 15.6. The lowest BCUT2D eigenvalue weighted by Crippen LogP contribution is -2.48. The molecule has 1 aliphatic carbocycles. The average molecular weight is 601 g/mol. The molecule has 3 aromatic rings. The van der Waals surface area contributed by atoms with E-state index >= 15 is 0 Å². The Labute approximate surface area is 262 Å². The molecule has 4 rings (SSSR count). The molecule has 3 aromatic carbocycles. The van der Waals surface area contributed by atoms with Crippen molar-refractivity contribution in [2.24, 2.45) is 5.92 Å². The third-order valence-electron chi connectivity index (χ3n) is 8.17. The molecule has 2 amide bonds. The van der Waals surface area contributed by atoms with Crippen LogP contribution in [-0.2, 0) is 34.2 Å². The number of benzene rings is 3. The summed E-state index contributed by atoms with van der Waals surface area (Å²) in [6.07, 6.45) is -1.07. The van der Waals surface area contributed by atoms with E-state index in [0.717, 1.165) is 22.3 Å². The number of hydrogen-bond acceptors (Lipinski definition) is 5. The lowest BCUT2D eigenvalue weighted by molar-refractivity contribution is -0.127. The van der Waals surface area contributed by atoms with Gasteiger partial charge in [-0.3, -0.25) is 4.79 Å². The third kappa shape index (κ3) is 9.16. The molecule has 0 unspecified atom stereocenters. The van der Waals surface area contributed by atoms with Gasteiger partial charge in [-0.1, -0.05) is 99.6 Å². The molecule has 0 radical (unpaired) electrons. The molecule has 0 heterocycles. The van der Waals surface area contributed by atoms with Gasteiger partial charge in [0.1, 0.15) is 5.60 Å². The topological polar surface area (TPSA) is 108 Å². The van der Waals surface area contributed by atoms with Crippen molar-refractivity contribution in [1.29, 1.82) is 0 Å². The van der Waals surface area contributed by atoms with Gasteiger partial charge in [0.05, 0.1) is 24.3 Å². The smallest absolute Gasteiger partial charge is 0.407 e. The van der Waals surface area contributed by atoms with Crippen LogP contribution in [0, 0.1) is 5.92 Å². The fraction of sp³-hybridized carbons (Fsp3) is 0.459. The molecule has 0 fully saturated rings. The van der Waals surface area contributed by atoms with Gasteiger partial charge in [-0.2, -0.15) is 0 Å². The van der Waals surface area contributed by atoms with Crippen molar-refractivity contribution >= 4 is 12.0 Å². The van der Waals surface area contributed by atoms with E-state index in [9.17, 15) is 19.8 Å². The molecule has 4 N–H and O–H groups in total. The molecule has 44 heavy (non-hydrogen) atoms. The van der Waals surface area contributed by atoms with Gasteiger partial charge in [-0.15, -0.1) is 0 Å². The Hall–Kier alpha value is -3.68. The summed E-state index contributed by atoms with van der Waals surface area (Å²) in [5.41, 5.74) is 4.33. The van der Waals surface area contributed by atoms with Crippen molar-refractivity contribution in [2.45, 2.75) is 103 Å². The zero-order chi connectivity index (χ0) is 32.1. The highest BCUT2D eigenvalue weighted by Gasteiger charge is 2.35. The first kappa shape index (κ1) is 33.2. The van der Waals surface area contributed by atoms with Gasteiger partial charge >= 0.3 is 6.09 Å². The normalized spacial score (nSPS) is 18.5. The molecule has 0 saturated carbocycles. The molecule has 5 atom stereocenters. The number of ether oxygens (including phenoxy) is 1. The molecule has 1 aliphatic rings. The second-order valence-corrected chi connectivity index (χ2v) is 14.1. The van der Waals surface area contributed by atoms with Crippen LogP contribution in [-0.4, -0.2) is 46.1 Å². The summed E-state index contributed by atoms with van der Waals surface area (Å²) in [7, 11) is 0. The van der Waals surface area contributed by atoms with E-state index in [0.29, 0.717) is 19.3 Å². The Morgan fingerprint density at radius 1 is 0.864 bits per heavy atom.